The maximum absolute atomic E-state index is 12.7. The molecule has 2 N–H and O–H groups in total. The average Bonchev–Trinajstić information content (AvgIpc) is 2.77. The standard InChI is InChI=1S/C22H23BrClF2N3O5/c23-18-11-15(21(32)28-16-1-3-17(4-2-16)34-22(24,25)26)12-27-20(18)29-8-5-14(6-9-29)13-33-10-7-19(30)31/h1-4,11-12,14H,5-10,13H2,(H,28,32)(H,30,31). The Bertz CT molecular complexity index is 999. The quantitative estimate of drug-likeness (QED) is 0.311. The van der Waals surface area contributed by atoms with Crippen molar-refractivity contribution in [2.24, 2.45) is 5.92 Å². The molecule has 1 aliphatic heterocycles. The normalized spacial score (nSPS) is 14.6. The molecule has 8 nitrogen and oxygen atoms in total. The van der Waals surface area contributed by atoms with E-state index in [0.717, 1.165) is 31.7 Å². The molecule has 0 unspecified atom stereocenters. The van der Waals surface area contributed by atoms with E-state index in [0.29, 0.717) is 28.2 Å². The van der Waals surface area contributed by atoms with Gasteiger partial charge in [-0.25, -0.2) is 4.98 Å². The average molecular weight is 563 g/mol. The lowest BCUT2D eigenvalue weighted by molar-refractivity contribution is -0.138. The van der Waals surface area contributed by atoms with E-state index >= 15 is 0 Å². The number of anilines is 2. The number of carbonyl (C=O) groups is 2. The van der Waals surface area contributed by atoms with Crippen molar-refractivity contribution in [1.29, 1.82) is 0 Å². The highest BCUT2D eigenvalue weighted by Crippen LogP contribution is 2.30. The summed E-state index contributed by atoms with van der Waals surface area (Å²) in [5, 5.41) is 11.3. The van der Waals surface area contributed by atoms with Crippen molar-refractivity contribution in [3.63, 3.8) is 0 Å². The van der Waals surface area contributed by atoms with Gasteiger partial charge in [0.25, 0.3) is 5.91 Å². The maximum Gasteiger partial charge on any atom is 0.487 e. The van der Waals surface area contributed by atoms with E-state index in [-0.39, 0.29) is 18.8 Å². The Balaban J connectivity index is 1.52. The predicted molar refractivity (Wildman–Crippen MR) is 126 cm³/mol. The molecule has 0 spiro atoms. The number of halogens is 4. The smallest absolute Gasteiger partial charge is 0.481 e. The minimum Gasteiger partial charge on any atom is -0.481 e. The Morgan fingerprint density at radius 2 is 1.94 bits per heavy atom. The number of alkyl halides is 3. The van der Waals surface area contributed by atoms with E-state index in [2.05, 4.69) is 35.9 Å². The highest BCUT2D eigenvalue weighted by atomic mass is 79.9. The molecule has 0 atom stereocenters. The van der Waals surface area contributed by atoms with Gasteiger partial charge in [-0.05, 0) is 65.0 Å². The van der Waals surface area contributed by atoms with Crippen LogP contribution >= 0.6 is 27.5 Å². The van der Waals surface area contributed by atoms with Crippen molar-refractivity contribution < 1.29 is 33.0 Å². The molecule has 3 rings (SSSR count). The van der Waals surface area contributed by atoms with Gasteiger partial charge < -0.3 is 24.8 Å². The summed E-state index contributed by atoms with van der Waals surface area (Å²) in [6, 6.07) is 7.04. The number of carboxylic acid groups (broad SMARTS) is 1. The number of carbonyl (C=O) groups excluding carboxylic acids is 1. The minimum atomic E-state index is -3.81. The number of rotatable bonds is 10. The monoisotopic (exact) mass is 561 g/mol. The van der Waals surface area contributed by atoms with Gasteiger partial charge in [0.1, 0.15) is 11.6 Å². The van der Waals surface area contributed by atoms with Crippen molar-refractivity contribution in [1.82, 2.24) is 4.98 Å². The summed E-state index contributed by atoms with van der Waals surface area (Å²) in [6.07, 6.45) is 3.25. The molecule has 0 bridgehead atoms. The van der Waals surface area contributed by atoms with Crippen LogP contribution < -0.4 is 15.0 Å². The molecule has 34 heavy (non-hydrogen) atoms. The van der Waals surface area contributed by atoms with Gasteiger partial charge in [-0.15, -0.1) is 8.78 Å². The van der Waals surface area contributed by atoms with Crippen LogP contribution in [0.5, 0.6) is 5.75 Å². The van der Waals surface area contributed by atoms with Gasteiger partial charge in [-0.2, -0.15) is 0 Å². The summed E-state index contributed by atoms with van der Waals surface area (Å²) in [5.41, 5.74) is -3.09. The molecule has 1 aromatic carbocycles. The van der Waals surface area contributed by atoms with Crippen molar-refractivity contribution >= 4 is 50.9 Å². The van der Waals surface area contributed by atoms with Gasteiger partial charge in [-0.1, -0.05) is 0 Å². The second kappa shape index (κ2) is 11.8. The van der Waals surface area contributed by atoms with Crippen LogP contribution in [0.25, 0.3) is 0 Å². The Labute approximate surface area is 208 Å². The zero-order valence-corrected chi connectivity index (χ0v) is 20.3. The lowest BCUT2D eigenvalue weighted by Gasteiger charge is -2.33. The number of ether oxygens (including phenoxy) is 2. The molecule has 12 heteroatoms. The van der Waals surface area contributed by atoms with Crippen LogP contribution in [0.4, 0.5) is 20.3 Å². The number of amides is 1. The molecule has 1 aromatic heterocycles. The van der Waals surface area contributed by atoms with Crippen molar-refractivity contribution in [2.75, 3.05) is 36.5 Å². The third kappa shape index (κ3) is 8.07. The second-order valence-corrected chi connectivity index (χ2v) is 9.00. The van der Waals surface area contributed by atoms with E-state index in [1.54, 1.807) is 6.07 Å². The molecular weight excluding hydrogens is 540 g/mol. The molecule has 2 aromatic rings. The highest BCUT2D eigenvalue weighted by molar-refractivity contribution is 9.10. The number of aromatic nitrogens is 1. The first-order valence-electron chi connectivity index (χ1n) is 10.5. The first-order valence-corrected chi connectivity index (χ1v) is 11.6. The summed E-state index contributed by atoms with van der Waals surface area (Å²) in [6.45, 7) is 2.28. The van der Waals surface area contributed by atoms with E-state index < -0.39 is 17.4 Å². The summed E-state index contributed by atoms with van der Waals surface area (Å²) < 4.78 is 35.7. The van der Waals surface area contributed by atoms with Gasteiger partial charge >= 0.3 is 11.5 Å². The van der Waals surface area contributed by atoms with Crippen molar-refractivity contribution in [3.8, 4) is 5.75 Å². The van der Waals surface area contributed by atoms with Gasteiger partial charge in [0.2, 0.25) is 0 Å². The van der Waals surface area contributed by atoms with Crippen LogP contribution in [0.3, 0.4) is 0 Å². The molecule has 0 aliphatic carbocycles. The molecule has 0 radical (unpaired) electrons. The SMILES string of the molecule is O=C(O)CCOCC1CCN(c2ncc(C(=O)Nc3ccc(OC(F)(F)Cl)cc3)cc2Br)CC1. The van der Waals surface area contributed by atoms with Gasteiger partial charge in [0.05, 0.1) is 23.1 Å². The fourth-order valence-corrected chi connectivity index (χ4v) is 4.14. The summed E-state index contributed by atoms with van der Waals surface area (Å²) in [7, 11) is 0. The molecule has 1 saturated heterocycles. The van der Waals surface area contributed by atoms with Crippen molar-refractivity contribution in [3.05, 3.63) is 46.6 Å². The summed E-state index contributed by atoms with van der Waals surface area (Å²) >= 11 is 8.22. The van der Waals surface area contributed by atoms with Gasteiger partial charge in [-0.3, -0.25) is 9.59 Å². The van der Waals surface area contributed by atoms with Gasteiger partial charge in [0.15, 0.2) is 0 Å². The second-order valence-electron chi connectivity index (χ2n) is 7.70. The lowest BCUT2D eigenvalue weighted by Crippen LogP contribution is -2.36. The van der Waals surface area contributed by atoms with Crippen LogP contribution in [0, 0.1) is 5.92 Å². The number of hydrogen-bond acceptors (Lipinski definition) is 6. The highest BCUT2D eigenvalue weighted by Gasteiger charge is 2.27. The summed E-state index contributed by atoms with van der Waals surface area (Å²) in [4.78, 5) is 29.7. The predicted octanol–water partition coefficient (Wildman–Crippen LogP) is 4.97. The molecule has 1 amide bonds. The number of piperidine rings is 1. The van der Waals surface area contributed by atoms with Crippen LogP contribution in [0.2, 0.25) is 0 Å². The Morgan fingerprint density at radius 1 is 1.26 bits per heavy atom. The third-order valence-corrected chi connectivity index (χ3v) is 5.82. The number of hydrogen-bond donors (Lipinski definition) is 2. The number of aliphatic carboxylic acids is 1. The number of nitrogens with one attached hydrogen (secondary N) is 1. The number of benzene rings is 1. The Kier molecular flexibility index (Phi) is 9.03. The largest absolute Gasteiger partial charge is 0.487 e. The zero-order valence-electron chi connectivity index (χ0n) is 18.0. The molecule has 184 valence electrons. The minimum absolute atomic E-state index is 0.00229. The first-order chi connectivity index (χ1) is 16.1. The topological polar surface area (TPSA) is 101 Å². The van der Waals surface area contributed by atoms with Crippen molar-refractivity contribution in [2.45, 2.75) is 24.8 Å². The van der Waals surface area contributed by atoms with Crippen LogP contribution in [0.15, 0.2) is 41.0 Å². The molecule has 1 aliphatic rings. The molecule has 0 saturated carbocycles. The number of pyridine rings is 1. The number of nitrogens with zero attached hydrogens (tertiary/aromatic N) is 2. The summed E-state index contributed by atoms with van der Waals surface area (Å²) in [5.74, 6) is -0.327. The third-order valence-electron chi connectivity index (χ3n) is 5.16. The fourth-order valence-electron chi connectivity index (χ4n) is 3.45. The molecule has 1 fully saturated rings. The van der Waals surface area contributed by atoms with Crippen LogP contribution in [-0.2, 0) is 9.53 Å². The molecular formula is C22H23BrClF2N3O5. The number of carboxylic acids is 1. The van der Waals surface area contributed by atoms with Crippen LogP contribution in [0.1, 0.15) is 29.6 Å². The van der Waals surface area contributed by atoms with Gasteiger partial charge in [0, 0.05) is 43.2 Å². The lowest BCUT2D eigenvalue weighted by atomic mass is 9.98. The zero-order chi connectivity index (χ0) is 24.7. The van der Waals surface area contributed by atoms with E-state index in [1.165, 1.54) is 30.5 Å². The molecule has 2 heterocycles. The fraction of sp³-hybridized carbons (Fsp3) is 0.409. The van der Waals surface area contributed by atoms with E-state index in [4.69, 9.17) is 21.4 Å². The van der Waals surface area contributed by atoms with Crippen LogP contribution in [-0.4, -0.2) is 53.8 Å². The van der Waals surface area contributed by atoms with E-state index in [1.807, 2.05) is 0 Å². The van der Waals surface area contributed by atoms with E-state index in [9.17, 15) is 18.4 Å². The Hall–Kier alpha value is -2.50. The maximum atomic E-state index is 12.7. The first kappa shape index (κ1) is 26.1. The Morgan fingerprint density at radius 3 is 2.53 bits per heavy atom.